The van der Waals surface area contributed by atoms with Crippen molar-refractivity contribution >= 4 is 11.9 Å². The van der Waals surface area contributed by atoms with E-state index < -0.39 is 23.5 Å². The molecule has 0 aliphatic rings. The summed E-state index contributed by atoms with van der Waals surface area (Å²) < 4.78 is 0. The van der Waals surface area contributed by atoms with Crippen LogP contribution < -0.4 is 5.32 Å². The number of carbonyl (C=O) groups is 2. The molecule has 3 N–H and O–H groups in total. The molecular weight excluding hydrogens is 366 g/mol. The fourth-order valence-electron chi connectivity index (χ4n) is 3.60. The van der Waals surface area contributed by atoms with E-state index in [4.69, 9.17) is 5.11 Å². The largest absolute Gasteiger partial charge is 0.481 e. The molecule has 5 heteroatoms. The Morgan fingerprint density at radius 2 is 1.10 bits per heavy atom. The summed E-state index contributed by atoms with van der Waals surface area (Å²) in [6, 6.07) is 27.8. The fourth-order valence-corrected chi connectivity index (χ4v) is 3.60. The topological polar surface area (TPSA) is 86.6 Å². The van der Waals surface area contributed by atoms with Crippen LogP contribution in [0.4, 0.5) is 0 Å². The summed E-state index contributed by atoms with van der Waals surface area (Å²) in [6.07, 6.45) is -0.267. The summed E-state index contributed by atoms with van der Waals surface area (Å²) in [6.45, 7) is 0. The Bertz CT molecular complexity index is 846. The first-order valence-corrected chi connectivity index (χ1v) is 9.43. The van der Waals surface area contributed by atoms with E-state index in [0.717, 1.165) is 16.7 Å². The molecule has 5 nitrogen and oxygen atoms in total. The van der Waals surface area contributed by atoms with Crippen LogP contribution in [0, 0.1) is 0 Å². The first-order chi connectivity index (χ1) is 14.0. The third kappa shape index (κ3) is 4.52. The van der Waals surface area contributed by atoms with E-state index in [0.29, 0.717) is 0 Å². The van der Waals surface area contributed by atoms with E-state index in [2.05, 4.69) is 5.32 Å². The second-order valence-corrected chi connectivity index (χ2v) is 6.82. The summed E-state index contributed by atoms with van der Waals surface area (Å²) >= 11 is 0. The second kappa shape index (κ2) is 9.17. The van der Waals surface area contributed by atoms with E-state index in [1.54, 1.807) is 0 Å². The molecule has 0 amide bonds. The van der Waals surface area contributed by atoms with Gasteiger partial charge in [-0.2, -0.15) is 0 Å². The average Bonchev–Trinajstić information content (AvgIpc) is 2.75. The summed E-state index contributed by atoms with van der Waals surface area (Å²) in [4.78, 5) is 23.1. The van der Waals surface area contributed by atoms with Gasteiger partial charge in [0.2, 0.25) is 0 Å². The zero-order chi connectivity index (χ0) is 20.7. The normalized spacial score (nSPS) is 12.3. The van der Waals surface area contributed by atoms with Crippen molar-refractivity contribution in [1.29, 1.82) is 0 Å². The number of aliphatic carboxylic acids is 2. The highest BCUT2D eigenvalue weighted by Crippen LogP contribution is 2.37. The highest BCUT2D eigenvalue weighted by molar-refractivity contribution is 5.75. The molecule has 0 saturated carbocycles. The maximum atomic E-state index is 12.0. The van der Waals surface area contributed by atoms with Crippen molar-refractivity contribution in [3.63, 3.8) is 0 Å². The van der Waals surface area contributed by atoms with Gasteiger partial charge in [-0.3, -0.25) is 14.9 Å². The Kier molecular flexibility index (Phi) is 6.42. The molecule has 148 valence electrons. The third-order valence-corrected chi connectivity index (χ3v) is 4.96. The van der Waals surface area contributed by atoms with Crippen LogP contribution in [0.3, 0.4) is 0 Å². The predicted molar refractivity (Wildman–Crippen MR) is 111 cm³/mol. The van der Waals surface area contributed by atoms with Crippen molar-refractivity contribution < 1.29 is 19.8 Å². The standard InChI is InChI=1S/C24H23NO4/c26-22(27)17-16-21(23(28)29)25-24(18-10-4-1-5-11-18,19-12-6-2-7-13-19)20-14-8-3-9-15-20/h1-15,21,25H,16-17H2,(H,26,27)(H,28,29)/t21-/m0/s1. The van der Waals surface area contributed by atoms with Crippen LogP contribution in [-0.4, -0.2) is 28.2 Å². The molecule has 0 spiro atoms. The zero-order valence-corrected chi connectivity index (χ0v) is 15.9. The van der Waals surface area contributed by atoms with Crippen molar-refractivity contribution in [2.75, 3.05) is 0 Å². The molecule has 3 aromatic carbocycles. The molecule has 0 bridgehead atoms. The van der Waals surface area contributed by atoms with E-state index in [-0.39, 0.29) is 12.8 Å². The summed E-state index contributed by atoms with van der Waals surface area (Å²) in [5.74, 6) is -2.11. The Labute approximate surface area is 169 Å². The van der Waals surface area contributed by atoms with Gasteiger partial charge in [-0.05, 0) is 23.1 Å². The minimum atomic E-state index is -1.08. The zero-order valence-electron chi connectivity index (χ0n) is 15.9. The number of carboxylic acid groups (broad SMARTS) is 2. The molecule has 3 rings (SSSR count). The lowest BCUT2D eigenvalue weighted by Gasteiger charge is -2.39. The number of nitrogens with one attached hydrogen (secondary N) is 1. The highest BCUT2D eigenvalue weighted by Gasteiger charge is 2.39. The van der Waals surface area contributed by atoms with Gasteiger partial charge in [-0.1, -0.05) is 91.0 Å². The number of hydrogen-bond donors (Lipinski definition) is 3. The van der Waals surface area contributed by atoms with Crippen LogP contribution in [0.5, 0.6) is 0 Å². The molecule has 0 aromatic heterocycles. The monoisotopic (exact) mass is 389 g/mol. The SMILES string of the molecule is O=C(O)CC[C@H](NC(c1ccccc1)(c1ccccc1)c1ccccc1)C(=O)O. The van der Waals surface area contributed by atoms with Crippen molar-refractivity contribution in [3.05, 3.63) is 108 Å². The van der Waals surface area contributed by atoms with Gasteiger partial charge in [0.25, 0.3) is 0 Å². The molecule has 0 aliphatic carbocycles. The third-order valence-electron chi connectivity index (χ3n) is 4.96. The van der Waals surface area contributed by atoms with Gasteiger partial charge < -0.3 is 10.2 Å². The summed E-state index contributed by atoms with van der Waals surface area (Å²) in [5, 5.41) is 22.2. The van der Waals surface area contributed by atoms with Gasteiger partial charge in [0.05, 0.1) is 5.54 Å². The molecule has 0 saturated heterocycles. The van der Waals surface area contributed by atoms with Gasteiger partial charge >= 0.3 is 11.9 Å². The van der Waals surface area contributed by atoms with Crippen molar-refractivity contribution in [2.45, 2.75) is 24.4 Å². The van der Waals surface area contributed by atoms with Crippen LogP contribution in [-0.2, 0) is 15.1 Å². The van der Waals surface area contributed by atoms with Gasteiger partial charge in [0.15, 0.2) is 0 Å². The highest BCUT2D eigenvalue weighted by atomic mass is 16.4. The van der Waals surface area contributed by atoms with Crippen molar-refractivity contribution in [3.8, 4) is 0 Å². The Balaban J connectivity index is 2.21. The van der Waals surface area contributed by atoms with E-state index >= 15 is 0 Å². The molecule has 0 fully saturated rings. The number of benzene rings is 3. The Morgan fingerprint density at radius 1 is 0.724 bits per heavy atom. The van der Waals surface area contributed by atoms with Gasteiger partial charge in [-0.25, -0.2) is 0 Å². The second-order valence-electron chi connectivity index (χ2n) is 6.82. The Morgan fingerprint density at radius 3 is 1.41 bits per heavy atom. The van der Waals surface area contributed by atoms with E-state index in [9.17, 15) is 14.7 Å². The lowest BCUT2D eigenvalue weighted by atomic mass is 9.76. The number of rotatable bonds is 9. The van der Waals surface area contributed by atoms with Gasteiger partial charge in [-0.15, -0.1) is 0 Å². The minimum absolute atomic E-state index is 0.0289. The molecule has 29 heavy (non-hydrogen) atoms. The lowest BCUT2D eigenvalue weighted by molar-refractivity contribution is -0.141. The number of carboxylic acids is 2. The number of hydrogen-bond acceptors (Lipinski definition) is 3. The molecular formula is C24H23NO4. The van der Waals surface area contributed by atoms with Crippen molar-refractivity contribution in [2.24, 2.45) is 0 Å². The summed E-state index contributed by atoms with van der Waals surface area (Å²) in [7, 11) is 0. The summed E-state index contributed by atoms with van der Waals surface area (Å²) in [5.41, 5.74) is 1.67. The van der Waals surface area contributed by atoms with Gasteiger partial charge in [0, 0.05) is 6.42 Å². The predicted octanol–water partition coefficient (Wildman–Crippen LogP) is 3.89. The van der Waals surface area contributed by atoms with E-state index in [1.165, 1.54) is 0 Å². The Hall–Kier alpha value is -3.44. The smallest absolute Gasteiger partial charge is 0.320 e. The molecule has 0 aliphatic heterocycles. The molecule has 1 atom stereocenters. The minimum Gasteiger partial charge on any atom is -0.481 e. The van der Waals surface area contributed by atoms with Crippen LogP contribution in [0.25, 0.3) is 0 Å². The van der Waals surface area contributed by atoms with E-state index in [1.807, 2.05) is 91.0 Å². The average molecular weight is 389 g/mol. The quantitative estimate of drug-likeness (QED) is 0.484. The molecule has 0 unspecified atom stereocenters. The van der Waals surface area contributed by atoms with Crippen LogP contribution >= 0.6 is 0 Å². The molecule has 3 aromatic rings. The maximum Gasteiger partial charge on any atom is 0.320 e. The van der Waals surface area contributed by atoms with Crippen LogP contribution in [0.1, 0.15) is 29.5 Å². The van der Waals surface area contributed by atoms with Crippen LogP contribution in [0.15, 0.2) is 91.0 Å². The fraction of sp³-hybridized carbons (Fsp3) is 0.167. The molecule has 0 radical (unpaired) electrons. The molecule has 0 heterocycles. The van der Waals surface area contributed by atoms with Crippen LogP contribution in [0.2, 0.25) is 0 Å². The lowest BCUT2D eigenvalue weighted by Crippen LogP contribution is -2.52. The maximum absolute atomic E-state index is 12.0. The van der Waals surface area contributed by atoms with Crippen molar-refractivity contribution in [1.82, 2.24) is 5.32 Å². The first-order valence-electron chi connectivity index (χ1n) is 9.43. The van der Waals surface area contributed by atoms with Gasteiger partial charge in [0.1, 0.15) is 6.04 Å². The first kappa shape index (κ1) is 20.3.